The number of fused-ring (bicyclic) bond motifs is 1. The molecule has 0 radical (unpaired) electrons. The van der Waals surface area contributed by atoms with Crippen molar-refractivity contribution in [2.75, 3.05) is 0 Å². The second-order valence-corrected chi connectivity index (χ2v) is 5.12. The summed E-state index contributed by atoms with van der Waals surface area (Å²) in [5, 5.41) is 0. The first kappa shape index (κ1) is 13.8. The average Bonchev–Trinajstić information content (AvgIpc) is 2.49. The first-order valence-electron chi connectivity index (χ1n) is 6.44. The Morgan fingerprint density at radius 3 is 2.24 bits per heavy atom. The van der Waals surface area contributed by atoms with Crippen LogP contribution < -0.4 is 0 Å². The van der Waals surface area contributed by atoms with Crippen LogP contribution >= 0.6 is 0 Å². The fraction of sp³-hybridized carbons (Fsp3) is 0.412. The van der Waals surface area contributed by atoms with Gasteiger partial charge in [0, 0.05) is 5.41 Å². The number of rotatable bonds is 1. The Morgan fingerprint density at radius 1 is 1.18 bits per heavy atom. The zero-order valence-electron chi connectivity index (χ0n) is 11.8. The zero-order valence-corrected chi connectivity index (χ0v) is 11.8. The summed E-state index contributed by atoms with van der Waals surface area (Å²) in [6, 6.07) is 8.61. The Balaban J connectivity index is 0.000000437. The van der Waals surface area contributed by atoms with Crippen LogP contribution in [0.25, 0.3) is 5.57 Å². The van der Waals surface area contributed by atoms with Gasteiger partial charge >= 0.3 is 0 Å². The first-order chi connectivity index (χ1) is 8.00. The maximum absolute atomic E-state index is 3.90. The van der Waals surface area contributed by atoms with E-state index in [0.717, 1.165) is 0 Å². The van der Waals surface area contributed by atoms with Crippen molar-refractivity contribution in [2.45, 2.75) is 46.5 Å². The summed E-state index contributed by atoms with van der Waals surface area (Å²) >= 11 is 0. The highest BCUT2D eigenvalue weighted by atomic mass is 14.4. The highest BCUT2D eigenvalue weighted by molar-refractivity contribution is 5.85. The van der Waals surface area contributed by atoms with E-state index in [0.29, 0.717) is 0 Å². The molecule has 1 aromatic rings. The highest BCUT2D eigenvalue weighted by Crippen LogP contribution is 2.45. The van der Waals surface area contributed by atoms with Gasteiger partial charge in [0.2, 0.25) is 0 Å². The van der Waals surface area contributed by atoms with Gasteiger partial charge in [-0.15, -0.1) is 0 Å². The Hall–Kier alpha value is -1.30. The Labute approximate surface area is 106 Å². The van der Waals surface area contributed by atoms with Crippen molar-refractivity contribution in [3.63, 3.8) is 0 Å². The lowest BCUT2D eigenvalue weighted by atomic mass is 9.82. The molecule has 1 aromatic carbocycles. The van der Waals surface area contributed by atoms with Gasteiger partial charge in [0.25, 0.3) is 0 Å². The van der Waals surface area contributed by atoms with Crippen molar-refractivity contribution in [2.24, 2.45) is 0 Å². The topological polar surface area (TPSA) is 0 Å². The van der Waals surface area contributed by atoms with E-state index in [2.05, 4.69) is 65.5 Å². The van der Waals surface area contributed by atoms with Crippen LogP contribution in [-0.4, -0.2) is 0 Å². The van der Waals surface area contributed by atoms with Crippen molar-refractivity contribution < 1.29 is 0 Å². The molecule has 0 unspecified atom stereocenters. The van der Waals surface area contributed by atoms with Crippen LogP contribution in [0.3, 0.4) is 0 Å². The van der Waals surface area contributed by atoms with E-state index < -0.39 is 0 Å². The van der Waals surface area contributed by atoms with E-state index >= 15 is 0 Å². The van der Waals surface area contributed by atoms with Gasteiger partial charge in [-0.05, 0) is 23.6 Å². The second kappa shape index (κ2) is 5.35. The molecule has 0 spiro atoms. The molecule has 2 rings (SSSR count). The van der Waals surface area contributed by atoms with Crippen LogP contribution in [0.4, 0.5) is 0 Å². The molecule has 0 atom stereocenters. The van der Waals surface area contributed by atoms with E-state index in [1.165, 1.54) is 28.7 Å². The minimum Gasteiger partial charge on any atom is -0.0984 e. The molecule has 0 N–H and O–H groups in total. The van der Waals surface area contributed by atoms with Gasteiger partial charge in [-0.1, -0.05) is 76.6 Å². The fourth-order valence-electron chi connectivity index (χ4n) is 2.27. The molecule has 0 nitrogen and oxygen atoms in total. The van der Waals surface area contributed by atoms with E-state index in [1.807, 2.05) is 6.08 Å². The monoisotopic (exact) mass is 228 g/mol. The van der Waals surface area contributed by atoms with Gasteiger partial charge in [0.05, 0.1) is 0 Å². The molecule has 0 bridgehead atoms. The van der Waals surface area contributed by atoms with Crippen molar-refractivity contribution in [1.82, 2.24) is 0 Å². The molecule has 92 valence electrons. The van der Waals surface area contributed by atoms with Crippen LogP contribution in [0.2, 0.25) is 0 Å². The summed E-state index contributed by atoms with van der Waals surface area (Å²) in [4.78, 5) is 0. The normalized spacial score (nSPS) is 16.1. The summed E-state index contributed by atoms with van der Waals surface area (Å²) in [6.45, 7) is 14.9. The van der Waals surface area contributed by atoms with Crippen LogP contribution in [0.1, 0.15) is 52.2 Å². The Morgan fingerprint density at radius 2 is 1.71 bits per heavy atom. The molecular formula is C17H24. The van der Waals surface area contributed by atoms with Gasteiger partial charge in [0.15, 0.2) is 0 Å². The molecule has 0 heterocycles. The van der Waals surface area contributed by atoms with E-state index in [1.54, 1.807) is 0 Å². The number of benzene rings is 1. The smallest absolute Gasteiger partial charge is 0.0118 e. The third kappa shape index (κ3) is 2.36. The molecule has 1 aliphatic carbocycles. The minimum absolute atomic E-state index is 0.167. The number of allylic oxidation sites excluding steroid dienone is 3. The van der Waals surface area contributed by atoms with Gasteiger partial charge in [-0.25, -0.2) is 0 Å². The quantitative estimate of drug-likeness (QED) is 0.607. The molecular weight excluding hydrogens is 204 g/mol. The summed E-state index contributed by atoms with van der Waals surface area (Å²) in [7, 11) is 0. The largest absolute Gasteiger partial charge is 0.0984 e. The maximum Gasteiger partial charge on any atom is 0.0118 e. The number of hydrogen-bond acceptors (Lipinski definition) is 0. The van der Waals surface area contributed by atoms with Crippen LogP contribution in [-0.2, 0) is 5.41 Å². The fourth-order valence-corrected chi connectivity index (χ4v) is 2.27. The average molecular weight is 228 g/mol. The van der Waals surface area contributed by atoms with Gasteiger partial charge in [-0.2, -0.15) is 0 Å². The molecule has 1 aliphatic rings. The lowest BCUT2D eigenvalue weighted by molar-refractivity contribution is 0.639. The third-order valence-electron chi connectivity index (χ3n) is 3.44. The highest BCUT2D eigenvalue weighted by Gasteiger charge is 2.33. The summed E-state index contributed by atoms with van der Waals surface area (Å²) < 4.78 is 0. The molecule has 0 fully saturated rings. The Kier molecular flexibility index (Phi) is 4.34. The molecule has 0 aliphatic heterocycles. The van der Waals surface area contributed by atoms with E-state index in [-0.39, 0.29) is 5.41 Å². The lowest BCUT2D eigenvalue weighted by Gasteiger charge is -2.21. The predicted molar refractivity (Wildman–Crippen MR) is 78.2 cm³/mol. The second-order valence-electron chi connectivity index (χ2n) is 5.12. The molecule has 0 heteroatoms. The van der Waals surface area contributed by atoms with Crippen LogP contribution in [0, 0.1) is 0 Å². The molecule has 0 aromatic heterocycles. The van der Waals surface area contributed by atoms with Gasteiger partial charge in [-0.3, -0.25) is 0 Å². The third-order valence-corrected chi connectivity index (χ3v) is 3.44. The van der Waals surface area contributed by atoms with E-state index in [9.17, 15) is 0 Å². The van der Waals surface area contributed by atoms with Crippen molar-refractivity contribution in [3.8, 4) is 0 Å². The molecule has 0 saturated heterocycles. The predicted octanol–water partition coefficient (Wildman–Crippen LogP) is 5.35. The van der Waals surface area contributed by atoms with Crippen molar-refractivity contribution >= 4 is 5.57 Å². The van der Waals surface area contributed by atoms with E-state index in [4.69, 9.17) is 0 Å². The number of hydrogen-bond donors (Lipinski definition) is 0. The molecule has 0 saturated carbocycles. The van der Waals surface area contributed by atoms with Crippen molar-refractivity contribution in [1.29, 1.82) is 0 Å². The SMILES string of the molecule is C=CC1=C(C)C(C)(C)c2ccccc21.CCC. The maximum atomic E-state index is 3.90. The van der Waals surface area contributed by atoms with Crippen molar-refractivity contribution in [3.05, 3.63) is 53.6 Å². The first-order valence-corrected chi connectivity index (χ1v) is 6.44. The summed E-state index contributed by atoms with van der Waals surface area (Å²) in [5.41, 5.74) is 5.68. The summed E-state index contributed by atoms with van der Waals surface area (Å²) in [5.74, 6) is 0. The molecule has 17 heavy (non-hydrogen) atoms. The standard InChI is InChI=1S/C14H16.C3H8/c1-5-11-10(2)14(3,4)13-9-7-6-8-12(11)13;1-3-2/h5-9H,1H2,2-4H3;3H2,1-2H3. The molecule has 0 amide bonds. The summed E-state index contributed by atoms with van der Waals surface area (Å²) in [6.07, 6.45) is 3.23. The van der Waals surface area contributed by atoms with Gasteiger partial charge in [0.1, 0.15) is 0 Å². The lowest BCUT2D eigenvalue weighted by Crippen LogP contribution is -2.15. The minimum atomic E-state index is 0.167. The van der Waals surface area contributed by atoms with Crippen LogP contribution in [0.5, 0.6) is 0 Å². The van der Waals surface area contributed by atoms with Crippen LogP contribution in [0.15, 0.2) is 42.5 Å². The van der Waals surface area contributed by atoms with Gasteiger partial charge < -0.3 is 0 Å². The Bertz CT molecular complexity index is 433. The zero-order chi connectivity index (χ0) is 13.1.